The smallest absolute Gasteiger partial charge is 0.0296 e. The van der Waals surface area contributed by atoms with Crippen molar-refractivity contribution in [1.29, 1.82) is 0 Å². The maximum atomic E-state index is 6.39. The van der Waals surface area contributed by atoms with E-state index in [1.165, 1.54) is 39.0 Å². The second-order valence-electron chi connectivity index (χ2n) is 7.19. The fourth-order valence-electron chi connectivity index (χ4n) is 3.50. The van der Waals surface area contributed by atoms with E-state index >= 15 is 0 Å². The molecule has 0 spiro atoms. The van der Waals surface area contributed by atoms with Gasteiger partial charge in [0, 0.05) is 44.3 Å². The van der Waals surface area contributed by atoms with Gasteiger partial charge in [0.15, 0.2) is 0 Å². The molecule has 1 heterocycles. The molecule has 3 nitrogen and oxygen atoms in total. The molecule has 0 radical (unpaired) electrons. The van der Waals surface area contributed by atoms with Crippen LogP contribution < -0.4 is 5.73 Å². The number of piperazine rings is 1. The van der Waals surface area contributed by atoms with Crippen molar-refractivity contribution in [2.24, 2.45) is 11.1 Å². The molecule has 0 aromatic rings. The predicted molar refractivity (Wildman–Crippen MR) is 77.7 cm³/mol. The number of hydrogen-bond acceptors (Lipinski definition) is 3. The van der Waals surface area contributed by atoms with Crippen LogP contribution in [0.4, 0.5) is 0 Å². The Bertz CT molecular complexity index is 259. The maximum Gasteiger partial charge on any atom is 0.0296 e. The summed E-state index contributed by atoms with van der Waals surface area (Å²) < 4.78 is 0. The highest BCUT2D eigenvalue weighted by molar-refractivity contribution is 4.94. The van der Waals surface area contributed by atoms with Gasteiger partial charge in [-0.25, -0.2) is 0 Å². The van der Waals surface area contributed by atoms with Gasteiger partial charge in [-0.1, -0.05) is 27.7 Å². The standard InChI is InChI=1S/C15H31N3/c1-5-13(16)14(15(2,3)4)18-10-8-17(9-11-18)12-6-7-12/h12-14H,5-11,16H2,1-4H3. The third-order valence-electron chi connectivity index (χ3n) is 4.57. The van der Waals surface area contributed by atoms with Gasteiger partial charge in [0.25, 0.3) is 0 Å². The summed E-state index contributed by atoms with van der Waals surface area (Å²) >= 11 is 0. The van der Waals surface area contributed by atoms with Gasteiger partial charge in [-0.15, -0.1) is 0 Å². The summed E-state index contributed by atoms with van der Waals surface area (Å²) in [5.41, 5.74) is 6.66. The quantitative estimate of drug-likeness (QED) is 0.831. The number of hydrogen-bond donors (Lipinski definition) is 1. The molecule has 1 aliphatic heterocycles. The molecule has 1 saturated carbocycles. The van der Waals surface area contributed by atoms with Gasteiger partial charge in [0.1, 0.15) is 0 Å². The Morgan fingerprint density at radius 1 is 1.11 bits per heavy atom. The Labute approximate surface area is 113 Å². The summed E-state index contributed by atoms with van der Waals surface area (Å²) in [6.07, 6.45) is 3.93. The fourth-order valence-corrected chi connectivity index (χ4v) is 3.50. The first kappa shape index (κ1) is 14.3. The first-order chi connectivity index (χ1) is 8.43. The van der Waals surface area contributed by atoms with Crippen molar-refractivity contribution >= 4 is 0 Å². The Balaban J connectivity index is 1.95. The molecule has 2 atom stereocenters. The largest absolute Gasteiger partial charge is 0.326 e. The van der Waals surface area contributed by atoms with Crippen LogP contribution in [0.15, 0.2) is 0 Å². The summed E-state index contributed by atoms with van der Waals surface area (Å²) in [4.78, 5) is 5.32. The third-order valence-corrected chi connectivity index (χ3v) is 4.57. The van der Waals surface area contributed by atoms with E-state index in [0.29, 0.717) is 12.1 Å². The van der Waals surface area contributed by atoms with Gasteiger partial charge in [-0.05, 0) is 24.7 Å². The van der Waals surface area contributed by atoms with Gasteiger partial charge in [-0.2, -0.15) is 0 Å². The van der Waals surface area contributed by atoms with Crippen molar-refractivity contribution in [1.82, 2.24) is 9.80 Å². The molecule has 2 rings (SSSR count). The minimum Gasteiger partial charge on any atom is -0.326 e. The number of nitrogens with two attached hydrogens (primary N) is 1. The third kappa shape index (κ3) is 3.25. The Hall–Kier alpha value is -0.120. The van der Waals surface area contributed by atoms with Crippen LogP contribution in [0.5, 0.6) is 0 Å². The molecule has 1 saturated heterocycles. The average molecular weight is 253 g/mol. The fraction of sp³-hybridized carbons (Fsp3) is 1.00. The lowest BCUT2D eigenvalue weighted by atomic mass is 9.80. The second kappa shape index (κ2) is 5.48. The van der Waals surface area contributed by atoms with Gasteiger partial charge in [0.05, 0.1) is 0 Å². The van der Waals surface area contributed by atoms with Crippen LogP contribution in [-0.2, 0) is 0 Å². The number of rotatable bonds is 4. The molecule has 3 heteroatoms. The maximum absolute atomic E-state index is 6.39. The summed E-state index contributed by atoms with van der Waals surface area (Å²) in [6, 6.07) is 1.74. The average Bonchev–Trinajstić information content (AvgIpc) is 3.12. The van der Waals surface area contributed by atoms with E-state index in [1.54, 1.807) is 0 Å². The lowest BCUT2D eigenvalue weighted by molar-refractivity contribution is 0.0287. The highest BCUT2D eigenvalue weighted by Crippen LogP contribution is 2.31. The normalized spacial score (nSPS) is 27.2. The topological polar surface area (TPSA) is 32.5 Å². The van der Waals surface area contributed by atoms with Crippen LogP contribution in [0.25, 0.3) is 0 Å². The van der Waals surface area contributed by atoms with E-state index in [0.717, 1.165) is 12.5 Å². The van der Waals surface area contributed by atoms with Crippen molar-refractivity contribution in [2.75, 3.05) is 26.2 Å². The predicted octanol–water partition coefficient (Wildman–Crippen LogP) is 1.92. The van der Waals surface area contributed by atoms with Crippen LogP contribution in [-0.4, -0.2) is 54.1 Å². The lowest BCUT2D eigenvalue weighted by Crippen LogP contribution is -2.60. The summed E-state index contributed by atoms with van der Waals surface area (Å²) in [7, 11) is 0. The van der Waals surface area contributed by atoms with E-state index in [4.69, 9.17) is 5.73 Å². The van der Waals surface area contributed by atoms with E-state index in [9.17, 15) is 0 Å². The zero-order chi connectivity index (χ0) is 13.3. The molecule has 18 heavy (non-hydrogen) atoms. The van der Waals surface area contributed by atoms with Gasteiger partial charge in [0.2, 0.25) is 0 Å². The SMILES string of the molecule is CCC(N)C(N1CCN(C2CC2)CC1)C(C)(C)C. The van der Waals surface area contributed by atoms with Crippen LogP contribution in [0.2, 0.25) is 0 Å². The molecule has 106 valence electrons. The van der Waals surface area contributed by atoms with Crippen molar-refractivity contribution < 1.29 is 0 Å². The summed E-state index contributed by atoms with van der Waals surface area (Å²) in [5.74, 6) is 0. The van der Waals surface area contributed by atoms with Crippen molar-refractivity contribution in [3.05, 3.63) is 0 Å². The van der Waals surface area contributed by atoms with Gasteiger partial charge < -0.3 is 5.73 Å². The molecule has 2 fully saturated rings. The molecule has 0 aromatic heterocycles. The van der Waals surface area contributed by atoms with Crippen LogP contribution in [0, 0.1) is 5.41 Å². The first-order valence-corrected chi connectivity index (χ1v) is 7.67. The molecule has 1 aliphatic carbocycles. The molecule has 2 unspecified atom stereocenters. The highest BCUT2D eigenvalue weighted by atomic mass is 15.3. The molecular formula is C15H31N3. The minimum absolute atomic E-state index is 0.275. The molecule has 0 bridgehead atoms. The molecule has 0 amide bonds. The van der Waals surface area contributed by atoms with E-state index in [-0.39, 0.29) is 5.41 Å². The lowest BCUT2D eigenvalue weighted by Gasteiger charge is -2.47. The van der Waals surface area contributed by atoms with Crippen molar-refractivity contribution in [3.8, 4) is 0 Å². The summed E-state index contributed by atoms with van der Waals surface area (Å²) in [5, 5.41) is 0. The van der Waals surface area contributed by atoms with Crippen molar-refractivity contribution in [2.45, 2.75) is 65.1 Å². The second-order valence-corrected chi connectivity index (χ2v) is 7.19. The van der Waals surface area contributed by atoms with Gasteiger partial charge >= 0.3 is 0 Å². The van der Waals surface area contributed by atoms with Gasteiger partial charge in [-0.3, -0.25) is 9.80 Å². The molecule has 2 aliphatic rings. The Kier molecular flexibility index (Phi) is 4.35. The van der Waals surface area contributed by atoms with E-state index in [2.05, 4.69) is 37.5 Å². The van der Waals surface area contributed by atoms with E-state index < -0.39 is 0 Å². The highest BCUT2D eigenvalue weighted by Gasteiger charge is 2.38. The number of nitrogens with zero attached hydrogens (tertiary/aromatic N) is 2. The minimum atomic E-state index is 0.275. The molecular weight excluding hydrogens is 222 g/mol. The Morgan fingerprint density at radius 2 is 1.67 bits per heavy atom. The Morgan fingerprint density at radius 3 is 2.06 bits per heavy atom. The molecule has 0 aromatic carbocycles. The zero-order valence-electron chi connectivity index (χ0n) is 12.7. The van der Waals surface area contributed by atoms with Crippen LogP contribution >= 0.6 is 0 Å². The van der Waals surface area contributed by atoms with Crippen molar-refractivity contribution in [3.63, 3.8) is 0 Å². The zero-order valence-corrected chi connectivity index (χ0v) is 12.7. The van der Waals surface area contributed by atoms with E-state index in [1.807, 2.05) is 0 Å². The first-order valence-electron chi connectivity index (χ1n) is 7.67. The van der Waals surface area contributed by atoms with Crippen LogP contribution in [0.1, 0.15) is 47.0 Å². The monoisotopic (exact) mass is 253 g/mol. The summed E-state index contributed by atoms with van der Waals surface area (Å²) in [6.45, 7) is 14.1. The van der Waals surface area contributed by atoms with Crippen LogP contribution in [0.3, 0.4) is 0 Å². The molecule has 2 N–H and O–H groups in total.